The summed E-state index contributed by atoms with van der Waals surface area (Å²) in [7, 11) is 1.60. The first-order valence-corrected chi connectivity index (χ1v) is 11.2. The van der Waals surface area contributed by atoms with E-state index in [1.165, 1.54) is 0 Å². The van der Waals surface area contributed by atoms with Gasteiger partial charge in [-0.05, 0) is 49.2 Å². The number of alkyl halides is 3. The topological polar surface area (TPSA) is 128 Å². The molecule has 2 aromatic heterocycles. The molecule has 1 N–H and O–H groups in total. The lowest BCUT2D eigenvalue weighted by atomic mass is 9.85. The van der Waals surface area contributed by atoms with Crippen LogP contribution in [0.3, 0.4) is 0 Å². The minimum absolute atomic E-state index is 0.0158. The number of rotatable bonds is 3. The van der Waals surface area contributed by atoms with E-state index in [0.717, 1.165) is 18.6 Å². The summed E-state index contributed by atoms with van der Waals surface area (Å²) < 4.78 is 38.6. The van der Waals surface area contributed by atoms with Crippen LogP contribution in [0.15, 0.2) is 53.6 Å². The van der Waals surface area contributed by atoms with Gasteiger partial charge in [0, 0.05) is 43.2 Å². The molecule has 37 heavy (non-hydrogen) atoms. The number of hydrogen-bond acceptors (Lipinski definition) is 7. The lowest BCUT2D eigenvalue weighted by Gasteiger charge is -2.23. The molecule has 4 heterocycles. The lowest BCUT2D eigenvalue weighted by Crippen LogP contribution is -2.35. The summed E-state index contributed by atoms with van der Waals surface area (Å²) in [6.07, 6.45) is -0.283. The third-order valence-corrected chi connectivity index (χ3v) is 6.41. The van der Waals surface area contributed by atoms with E-state index in [1.54, 1.807) is 48.3 Å². The number of pyridine rings is 1. The van der Waals surface area contributed by atoms with Crippen molar-refractivity contribution in [2.24, 2.45) is 0 Å². The van der Waals surface area contributed by atoms with Gasteiger partial charge in [0.25, 0.3) is 11.5 Å². The highest BCUT2D eigenvalue weighted by molar-refractivity contribution is 5.94. The lowest BCUT2D eigenvalue weighted by molar-refractivity contribution is -0.192. The van der Waals surface area contributed by atoms with E-state index in [1.807, 2.05) is 17.0 Å². The maximum atomic E-state index is 13.1. The van der Waals surface area contributed by atoms with Crippen molar-refractivity contribution in [3.8, 4) is 17.0 Å². The summed E-state index contributed by atoms with van der Waals surface area (Å²) in [5.41, 5.74) is 1.22. The second kappa shape index (κ2) is 9.99. The number of aromatic nitrogens is 4. The number of carboxylic acids is 1. The van der Waals surface area contributed by atoms with Crippen LogP contribution in [-0.4, -0.2) is 68.0 Å². The zero-order valence-electron chi connectivity index (χ0n) is 19.6. The van der Waals surface area contributed by atoms with Gasteiger partial charge in [-0.25, -0.2) is 4.79 Å². The number of likely N-dealkylation sites (tertiary alicyclic amines) is 1. The number of ether oxygens (including phenoxy) is 1. The maximum Gasteiger partial charge on any atom is 0.490 e. The molecule has 0 radical (unpaired) electrons. The summed E-state index contributed by atoms with van der Waals surface area (Å²) in [6.45, 7) is 1.77. The van der Waals surface area contributed by atoms with Gasteiger partial charge in [-0.3, -0.25) is 19.1 Å². The van der Waals surface area contributed by atoms with E-state index >= 15 is 0 Å². The van der Waals surface area contributed by atoms with Crippen LogP contribution in [0.1, 0.15) is 29.0 Å². The molecule has 2 aliphatic rings. The van der Waals surface area contributed by atoms with Crippen molar-refractivity contribution in [3.63, 3.8) is 0 Å². The van der Waals surface area contributed by atoms with Crippen LogP contribution in [0.4, 0.5) is 13.2 Å². The van der Waals surface area contributed by atoms with Crippen molar-refractivity contribution in [3.05, 3.63) is 70.5 Å². The van der Waals surface area contributed by atoms with Gasteiger partial charge in [0.2, 0.25) is 0 Å². The number of amides is 1. The van der Waals surface area contributed by atoms with Gasteiger partial charge >= 0.3 is 12.1 Å². The number of fused-ring (bicyclic) bond motifs is 2. The highest BCUT2D eigenvalue weighted by atomic mass is 19.4. The number of benzene rings is 1. The van der Waals surface area contributed by atoms with Crippen molar-refractivity contribution >= 4 is 11.9 Å². The van der Waals surface area contributed by atoms with E-state index < -0.39 is 12.1 Å². The predicted octanol–water partition coefficient (Wildman–Crippen LogP) is 2.53. The number of nitrogens with zero attached hydrogens (tertiary/aromatic N) is 5. The average Bonchev–Trinajstić information content (AvgIpc) is 3.49. The normalized spacial score (nSPS) is 18.2. The molecule has 1 unspecified atom stereocenters. The van der Waals surface area contributed by atoms with Gasteiger partial charge in [0.15, 0.2) is 5.69 Å². The molecule has 2 aliphatic heterocycles. The van der Waals surface area contributed by atoms with Crippen LogP contribution in [0.25, 0.3) is 11.3 Å². The summed E-state index contributed by atoms with van der Waals surface area (Å²) >= 11 is 0. The van der Waals surface area contributed by atoms with Gasteiger partial charge in [-0.2, -0.15) is 13.2 Å². The molecule has 1 fully saturated rings. The molecule has 1 atom stereocenters. The highest BCUT2D eigenvalue weighted by Gasteiger charge is 2.48. The maximum absolute atomic E-state index is 13.1. The summed E-state index contributed by atoms with van der Waals surface area (Å²) in [4.78, 5) is 40.7. The summed E-state index contributed by atoms with van der Waals surface area (Å²) in [6, 6.07) is 10.7. The van der Waals surface area contributed by atoms with E-state index in [4.69, 9.17) is 14.6 Å². The molecule has 1 amide bonds. The Morgan fingerprint density at radius 1 is 1.03 bits per heavy atom. The second-order valence-electron chi connectivity index (χ2n) is 8.60. The van der Waals surface area contributed by atoms with E-state index in [2.05, 4.69) is 15.2 Å². The fourth-order valence-corrected chi connectivity index (χ4v) is 4.50. The van der Waals surface area contributed by atoms with Crippen molar-refractivity contribution in [2.45, 2.75) is 31.0 Å². The SMILES string of the molecule is COc1ccc(-c2nnc3n(c2=O)CCC32CCN(C(=O)c3ccncc3)C2)cc1.O=C(O)C(F)(F)F. The number of carbonyl (C=O) groups excluding carboxylic acids is 1. The van der Waals surface area contributed by atoms with E-state index in [0.29, 0.717) is 42.3 Å². The molecule has 1 spiro atoms. The Morgan fingerprint density at radius 3 is 2.24 bits per heavy atom. The number of hydrogen-bond donors (Lipinski definition) is 1. The van der Waals surface area contributed by atoms with Crippen molar-refractivity contribution in [1.29, 1.82) is 0 Å². The second-order valence-corrected chi connectivity index (χ2v) is 8.60. The molecule has 0 aliphatic carbocycles. The number of carbonyl (C=O) groups is 2. The number of aliphatic carboxylic acids is 1. The summed E-state index contributed by atoms with van der Waals surface area (Å²) in [5, 5.41) is 15.9. The standard InChI is InChI=1S/C22H21N5O3.C2HF3O2/c1-30-17-4-2-15(3-5-17)18-20(29)27-13-9-22(21(27)25-24-18)8-12-26(14-22)19(28)16-6-10-23-11-7-16;3-2(4,5)1(6)7/h2-7,10-11H,8-9,12-14H2,1H3;(H,6,7). The fourth-order valence-electron chi connectivity index (χ4n) is 4.50. The average molecular weight is 517 g/mol. The monoisotopic (exact) mass is 517 g/mol. The van der Waals surface area contributed by atoms with Crippen molar-refractivity contribution in [1.82, 2.24) is 24.6 Å². The van der Waals surface area contributed by atoms with Crippen LogP contribution in [0.5, 0.6) is 5.75 Å². The molecular weight excluding hydrogens is 495 g/mol. The molecular formula is C24H22F3N5O5. The molecule has 5 rings (SSSR count). The smallest absolute Gasteiger partial charge is 0.490 e. The Morgan fingerprint density at radius 2 is 1.65 bits per heavy atom. The zero-order chi connectivity index (χ0) is 26.8. The van der Waals surface area contributed by atoms with Crippen LogP contribution in [0.2, 0.25) is 0 Å². The summed E-state index contributed by atoms with van der Waals surface area (Å²) in [5.74, 6) is -1.36. The molecule has 0 saturated carbocycles. The highest BCUT2D eigenvalue weighted by Crippen LogP contribution is 2.41. The first kappa shape index (κ1) is 25.8. The largest absolute Gasteiger partial charge is 0.497 e. The Labute approximate surface area is 208 Å². The Bertz CT molecular complexity index is 1360. The Hall–Kier alpha value is -4.29. The number of halogens is 3. The number of methoxy groups -OCH3 is 1. The molecule has 0 bridgehead atoms. The van der Waals surface area contributed by atoms with Gasteiger partial charge in [0.05, 0.1) is 12.5 Å². The minimum atomic E-state index is -5.08. The van der Waals surface area contributed by atoms with Crippen LogP contribution < -0.4 is 10.3 Å². The number of carboxylic acid groups (broad SMARTS) is 1. The third kappa shape index (κ3) is 5.15. The first-order chi connectivity index (χ1) is 17.6. The Balaban J connectivity index is 0.000000405. The molecule has 10 nitrogen and oxygen atoms in total. The zero-order valence-corrected chi connectivity index (χ0v) is 19.6. The van der Waals surface area contributed by atoms with Crippen LogP contribution >= 0.6 is 0 Å². The van der Waals surface area contributed by atoms with Gasteiger partial charge in [-0.1, -0.05) is 0 Å². The molecule has 3 aromatic rings. The van der Waals surface area contributed by atoms with E-state index in [-0.39, 0.29) is 16.9 Å². The van der Waals surface area contributed by atoms with Gasteiger partial charge in [-0.15, -0.1) is 10.2 Å². The third-order valence-electron chi connectivity index (χ3n) is 6.41. The van der Waals surface area contributed by atoms with Crippen LogP contribution in [0, 0.1) is 0 Å². The molecule has 1 saturated heterocycles. The van der Waals surface area contributed by atoms with Crippen LogP contribution in [-0.2, 0) is 16.8 Å². The van der Waals surface area contributed by atoms with Gasteiger partial charge < -0.3 is 14.7 Å². The fraction of sp³-hybridized carbons (Fsp3) is 0.333. The minimum Gasteiger partial charge on any atom is -0.497 e. The van der Waals surface area contributed by atoms with Crippen molar-refractivity contribution < 1.29 is 32.6 Å². The van der Waals surface area contributed by atoms with Crippen molar-refractivity contribution in [2.75, 3.05) is 20.2 Å². The Kier molecular flexibility index (Phi) is 6.96. The molecule has 1 aromatic carbocycles. The quantitative estimate of drug-likeness (QED) is 0.562. The molecule has 194 valence electrons. The van der Waals surface area contributed by atoms with Gasteiger partial charge in [0.1, 0.15) is 11.6 Å². The van der Waals surface area contributed by atoms with E-state index in [9.17, 15) is 22.8 Å². The first-order valence-electron chi connectivity index (χ1n) is 11.2. The molecule has 13 heteroatoms. The predicted molar refractivity (Wildman–Crippen MR) is 123 cm³/mol.